The molecule has 1 rings (SSSR count). The number of halogens is 5. The Bertz CT molecular complexity index is 510. The van der Waals surface area contributed by atoms with Crippen LogP contribution in [0, 0.1) is 0 Å². The van der Waals surface area contributed by atoms with Gasteiger partial charge in [0.2, 0.25) is 9.84 Å². The van der Waals surface area contributed by atoms with Crippen LogP contribution in [0.5, 0.6) is 0 Å². The third-order valence-electron chi connectivity index (χ3n) is 2.16. The van der Waals surface area contributed by atoms with Crippen molar-refractivity contribution in [3.05, 3.63) is 24.3 Å². The molecule has 108 valence electrons. The minimum Gasteiger partial charge on any atom is -0.385 e. The number of alkyl halides is 5. The summed E-state index contributed by atoms with van der Waals surface area (Å²) in [5, 5.41) is 2.41. The molecule has 0 aromatic heterocycles. The molecule has 1 aromatic rings. The minimum atomic E-state index is -4.68. The summed E-state index contributed by atoms with van der Waals surface area (Å²) >= 11 is 0. The average molecular weight is 303 g/mol. The first kappa shape index (κ1) is 15.7. The molecule has 0 spiro atoms. The molecule has 0 bridgehead atoms. The van der Waals surface area contributed by atoms with E-state index in [2.05, 4.69) is 5.32 Å². The Hall–Kier alpha value is -1.38. The van der Waals surface area contributed by atoms with Crippen LogP contribution in [0.4, 0.5) is 27.6 Å². The number of rotatable bonds is 5. The first-order chi connectivity index (χ1) is 8.63. The molecule has 0 fully saturated rings. The molecule has 19 heavy (non-hydrogen) atoms. The molecule has 0 unspecified atom stereocenters. The summed E-state index contributed by atoms with van der Waals surface area (Å²) in [6.45, 7) is -0.384. The Morgan fingerprint density at radius 3 is 2.05 bits per heavy atom. The van der Waals surface area contributed by atoms with Gasteiger partial charge in [0.05, 0.1) is 11.3 Å². The summed E-state index contributed by atoms with van der Waals surface area (Å²) < 4.78 is 82.1. The lowest BCUT2D eigenvalue weighted by Crippen LogP contribution is -2.15. The Kier molecular flexibility index (Phi) is 4.72. The SMILES string of the molecule is O=S(=O)(c1ccc(NCCC(F)(F)F)cc1)C(F)F. The van der Waals surface area contributed by atoms with Gasteiger partial charge >= 0.3 is 11.9 Å². The summed E-state index contributed by atoms with van der Waals surface area (Å²) in [6, 6.07) is 4.09. The van der Waals surface area contributed by atoms with Gasteiger partial charge in [-0.25, -0.2) is 8.42 Å². The summed E-state index contributed by atoms with van der Waals surface area (Å²) in [4.78, 5) is -0.580. The Morgan fingerprint density at radius 1 is 1.11 bits per heavy atom. The molecule has 0 saturated heterocycles. The lowest BCUT2D eigenvalue weighted by molar-refractivity contribution is -0.131. The number of hydrogen-bond donors (Lipinski definition) is 1. The van der Waals surface area contributed by atoms with Crippen LogP contribution < -0.4 is 5.32 Å². The topological polar surface area (TPSA) is 46.2 Å². The highest BCUT2D eigenvalue weighted by Gasteiger charge is 2.27. The van der Waals surface area contributed by atoms with Gasteiger partial charge < -0.3 is 5.32 Å². The van der Waals surface area contributed by atoms with Crippen LogP contribution in [-0.4, -0.2) is 26.9 Å². The van der Waals surface area contributed by atoms with Gasteiger partial charge in [0.1, 0.15) is 0 Å². The minimum absolute atomic E-state index is 0.220. The maximum absolute atomic E-state index is 12.2. The second-order valence-corrected chi connectivity index (χ2v) is 5.54. The van der Waals surface area contributed by atoms with Crippen molar-refractivity contribution >= 4 is 15.5 Å². The average Bonchev–Trinajstić information content (AvgIpc) is 2.27. The fraction of sp³-hybridized carbons (Fsp3) is 0.400. The summed E-state index contributed by atoms with van der Waals surface area (Å²) in [6.07, 6.45) is -5.35. The third-order valence-corrected chi connectivity index (χ3v) is 3.55. The largest absolute Gasteiger partial charge is 0.390 e. The van der Waals surface area contributed by atoms with Crippen molar-refractivity contribution in [2.45, 2.75) is 23.3 Å². The predicted octanol–water partition coefficient (Wildman–Crippen LogP) is 3.05. The molecule has 0 aliphatic carbocycles. The van der Waals surface area contributed by atoms with E-state index in [-0.39, 0.29) is 12.2 Å². The van der Waals surface area contributed by atoms with E-state index in [9.17, 15) is 30.4 Å². The molecule has 0 heterocycles. The molecule has 0 aliphatic rings. The number of benzene rings is 1. The quantitative estimate of drug-likeness (QED) is 0.850. The van der Waals surface area contributed by atoms with E-state index >= 15 is 0 Å². The fourth-order valence-corrected chi connectivity index (χ4v) is 1.94. The number of anilines is 1. The van der Waals surface area contributed by atoms with E-state index in [0.29, 0.717) is 0 Å². The Morgan fingerprint density at radius 2 is 1.63 bits per heavy atom. The van der Waals surface area contributed by atoms with E-state index in [1.807, 2.05) is 0 Å². The summed E-state index contributed by atoms with van der Waals surface area (Å²) in [5.74, 6) is -3.53. The maximum Gasteiger partial charge on any atom is 0.390 e. The van der Waals surface area contributed by atoms with Gasteiger partial charge in [-0.3, -0.25) is 0 Å². The molecule has 1 aromatic carbocycles. The zero-order chi connectivity index (χ0) is 14.7. The van der Waals surface area contributed by atoms with E-state index in [1.165, 1.54) is 0 Å². The third kappa shape index (κ3) is 4.66. The first-order valence-electron chi connectivity index (χ1n) is 5.06. The van der Waals surface area contributed by atoms with E-state index in [4.69, 9.17) is 0 Å². The molecule has 0 atom stereocenters. The van der Waals surface area contributed by atoms with Crippen LogP contribution in [0.3, 0.4) is 0 Å². The summed E-state index contributed by atoms with van der Waals surface area (Å²) in [5.41, 5.74) is 0.220. The van der Waals surface area contributed by atoms with Crippen molar-refractivity contribution in [1.29, 1.82) is 0 Å². The van der Waals surface area contributed by atoms with Gasteiger partial charge in [0.15, 0.2) is 0 Å². The van der Waals surface area contributed by atoms with Crippen molar-refractivity contribution < 1.29 is 30.4 Å². The van der Waals surface area contributed by atoms with Gasteiger partial charge in [-0.2, -0.15) is 22.0 Å². The molecule has 0 radical (unpaired) electrons. The van der Waals surface area contributed by atoms with Crippen LogP contribution in [0.15, 0.2) is 29.2 Å². The second-order valence-electron chi connectivity index (χ2n) is 3.62. The molecule has 0 aliphatic heterocycles. The van der Waals surface area contributed by atoms with Crippen LogP contribution >= 0.6 is 0 Å². The molecule has 0 saturated carbocycles. The van der Waals surface area contributed by atoms with Gasteiger partial charge in [-0.1, -0.05) is 0 Å². The zero-order valence-electron chi connectivity index (χ0n) is 9.42. The molecule has 3 nitrogen and oxygen atoms in total. The number of nitrogens with one attached hydrogen (secondary N) is 1. The monoisotopic (exact) mass is 303 g/mol. The van der Waals surface area contributed by atoms with Crippen LogP contribution in [0.2, 0.25) is 0 Å². The standard InChI is InChI=1S/C10H10F5NO2S/c11-9(12)19(17,18)8-3-1-7(2-4-8)16-6-5-10(13,14)15/h1-4,9,16H,5-6H2. The van der Waals surface area contributed by atoms with Gasteiger partial charge in [-0.15, -0.1) is 0 Å². The fourth-order valence-electron chi connectivity index (χ4n) is 1.21. The lowest BCUT2D eigenvalue weighted by Gasteiger charge is -2.09. The first-order valence-corrected chi connectivity index (χ1v) is 6.60. The zero-order valence-corrected chi connectivity index (χ0v) is 10.2. The maximum atomic E-state index is 12.2. The second kappa shape index (κ2) is 5.72. The van der Waals surface area contributed by atoms with Crippen molar-refractivity contribution in [3.63, 3.8) is 0 Å². The van der Waals surface area contributed by atoms with Crippen molar-refractivity contribution in [1.82, 2.24) is 0 Å². The van der Waals surface area contributed by atoms with Gasteiger partial charge in [0.25, 0.3) is 0 Å². The highest BCUT2D eigenvalue weighted by atomic mass is 32.2. The highest BCUT2D eigenvalue weighted by Crippen LogP contribution is 2.22. The van der Waals surface area contributed by atoms with Crippen LogP contribution in [-0.2, 0) is 9.84 Å². The molecule has 0 amide bonds. The smallest absolute Gasteiger partial charge is 0.385 e. The van der Waals surface area contributed by atoms with Crippen LogP contribution in [0.25, 0.3) is 0 Å². The Balaban J connectivity index is 2.68. The van der Waals surface area contributed by atoms with Crippen molar-refractivity contribution in [3.8, 4) is 0 Å². The molecule has 9 heteroatoms. The van der Waals surface area contributed by atoms with Crippen molar-refractivity contribution in [2.24, 2.45) is 0 Å². The molecule has 1 N–H and O–H groups in total. The number of hydrogen-bond acceptors (Lipinski definition) is 3. The lowest BCUT2D eigenvalue weighted by atomic mass is 10.3. The van der Waals surface area contributed by atoms with Gasteiger partial charge in [0, 0.05) is 12.2 Å². The van der Waals surface area contributed by atoms with Crippen LogP contribution in [0.1, 0.15) is 6.42 Å². The predicted molar refractivity (Wildman–Crippen MR) is 58.8 cm³/mol. The molecular weight excluding hydrogens is 293 g/mol. The van der Waals surface area contributed by atoms with E-state index < -0.39 is 33.1 Å². The highest BCUT2D eigenvalue weighted by molar-refractivity contribution is 7.91. The van der Waals surface area contributed by atoms with Gasteiger partial charge in [-0.05, 0) is 24.3 Å². The normalized spacial score (nSPS) is 12.7. The molecular formula is C10H10F5NO2S. The number of sulfone groups is 1. The van der Waals surface area contributed by atoms with Crippen molar-refractivity contribution in [2.75, 3.05) is 11.9 Å². The summed E-state index contributed by atoms with van der Waals surface area (Å²) in [7, 11) is -4.68. The van der Waals surface area contributed by atoms with E-state index in [0.717, 1.165) is 24.3 Å². The van der Waals surface area contributed by atoms with E-state index in [1.54, 1.807) is 0 Å². The Labute approximate surface area is 106 Å².